The lowest BCUT2D eigenvalue weighted by atomic mass is 9.93. The lowest BCUT2D eigenvalue weighted by Crippen LogP contribution is -2.40. The van der Waals surface area contributed by atoms with E-state index in [2.05, 4.69) is 15.4 Å². The molecule has 1 aromatic heterocycles. The maximum Gasteiger partial charge on any atom is 0.416 e. The van der Waals surface area contributed by atoms with Crippen LogP contribution in [0.4, 0.5) is 18.9 Å². The summed E-state index contributed by atoms with van der Waals surface area (Å²) in [6.45, 7) is 2.01. The number of halogens is 3. The van der Waals surface area contributed by atoms with E-state index in [-0.39, 0.29) is 24.2 Å². The van der Waals surface area contributed by atoms with Gasteiger partial charge < -0.3 is 10.2 Å². The van der Waals surface area contributed by atoms with E-state index in [9.17, 15) is 22.8 Å². The number of benzene rings is 1. The first-order valence-corrected chi connectivity index (χ1v) is 10.4. The predicted octanol–water partition coefficient (Wildman–Crippen LogP) is 3.73. The standard InChI is InChI=1S/C21H26F3N5O2/c22-21(23,24)17-6-8-18(9-7-17)27-19(30)10-5-16-3-1-11-28(13-16)20(31)4-2-12-29-15-25-14-26-29/h6-9,14-16H,1-5,10-13H2,(H,27,30). The molecule has 1 unspecified atom stereocenters. The molecule has 0 aliphatic carbocycles. The minimum Gasteiger partial charge on any atom is -0.342 e. The summed E-state index contributed by atoms with van der Waals surface area (Å²) in [7, 11) is 0. The topological polar surface area (TPSA) is 80.1 Å². The summed E-state index contributed by atoms with van der Waals surface area (Å²) in [6, 6.07) is 4.40. The Balaban J connectivity index is 1.38. The van der Waals surface area contributed by atoms with E-state index in [0.29, 0.717) is 38.0 Å². The number of nitrogens with zero attached hydrogens (tertiary/aromatic N) is 4. The minimum absolute atomic E-state index is 0.110. The summed E-state index contributed by atoms with van der Waals surface area (Å²) >= 11 is 0. The van der Waals surface area contributed by atoms with Gasteiger partial charge >= 0.3 is 6.18 Å². The van der Waals surface area contributed by atoms with Gasteiger partial charge in [-0.1, -0.05) is 0 Å². The molecule has 0 saturated carbocycles. The van der Waals surface area contributed by atoms with Gasteiger partial charge in [0.2, 0.25) is 11.8 Å². The third-order valence-electron chi connectivity index (χ3n) is 5.39. The molecule has 1 saturated heterocycles. The van der Waals surface area contributed by atoms with Gasteiger partial charge in [-0.15, -0.1) is 0 Å². The molecule has 1 N–H and O–H groups in total. The fourth-order valence-electron chi connectivity index (χ4n) is 3.73. The molecule has 7 nitrogen and oxygen atoms in total. The smallest absolute Gasteiger partial charge is 0.342 e. The molecule has 0 bridgehead atoms. The van der Waals surface area contributed by atoms with Crippen molar-refractivity contribution in [2.45, 2.75) is 51.2 Å². The van der Waals surface area contributed by atoms with Crippen molar-refractivity contribution in [2.75, 3.05) is 18.4 Å². The molecule has 2 amide bonds. The molecule has 31 heavy (non-hydrogen) atoms. The summed E-state index contributed by atoms with van der Waals surface area (Å²) in [5.74, 6) is 0.112. The first kappa shape index (κ1) is 22.8. The Morgan fingerprint density at radius 3 is 2.61 bits per heavy atom. The van der Waals surface area contributed by atoms with Gasteiger partial charge in [-0.2, -0.15) is 18.3 Å². The molecular weight excluding hydrogens is 411 g/mol. The van der Waals surface area contributed by atoms with E-state index in [1.54, 1.807) is 11.0 Å². The highest BCUT2D eigenvalue weighted by Gasteiger charge is 2.30. The molecule has 1 atom stereocenters. The summed E-state index contributed by atoms with van der Waals surface area (Å²) < 4.78 is 39.5. The van der Waals surface area contributed by atoms with Crippen molar-refractivity contribution in [3.8, 4) is 0 Å². The molecule has 1 aliphatic heterocycles. The quantitative estimate of drug-likeness (QED) is 0.682. The van der Waals surface area contributed by atoms with Crippen LogP contribution in [0.2, 0.25) is 0 Å². The average Bonchev–Trinajstić information content (AvgIpc) is 3.26. The average molecular weight is 437 g/mol. The Kier molecular flexibility index (Phi) is 7.64. The Bertz CT molecular complexity index is 853. The Morgan fingerprint density at radius 1 is 1.16 bits per heavy atom. The first-order valence-electron chi connectivity index (χ1n) is 10.4. The van der Waals surface area contributed by atoms with E-state index in [1.165, 1.54) is 18.5 Å². The first-order chi connectivity index (χ1) is 14.8. The molecular formula is C21H26F3N5O2. The lowest BCUT2D eigenvalue weighted by molar-refractivity contribution is -0.137. The van der Waals surface area contributed by atoms with Crippen LogP contribution in [0.3, 0.4) is 0 Å². The summed E-state index contributed by atoms with van der Waals surface area (Å²) in [4.78, 5) is 30.4. The number of rotatable bonds is 8. The number of likely N-dealkylation sites (tertiary alicyclic amines) is 1. The van der Waals surface area contributed by atoms with Crippen LogP contribution < -0.4 is 5.32 Å². The number of piperidine rings is 1. The van der Waals surface area contributed by atoms with Crippen molar-refractivity contribution < 1.29 is 22.8 Å². The molecule has 1 fully saturated rings. The predicted molar refractivity (Wildman–Crippen MR) is 108 cm³/mol. The van der Waals surface area contributed by atoms with Gasteiger partial charge in [0.15, 0.2) is 0 Å². The SMILES string of the molecule is O=C(CCC1CCCN(C(=O)CCCn2cncn2)C1)Nc1ccc(C(F)(F)F)cc1. The molecule has 2 heterocycles. The largest absolute Gasteiger partial charge is 0.416 e. The van der Waals surface area contributed by atoms with E-state index in [4.69, 9.17) is 0 Å². The summed E-state index contributed by atoms with van der Waals surface area (Å²) in [5, 5.41) is 6.65. The van der Waals surface area contributed by atoms with E-state index in [1.807, 2.05) is 4.90 Å². The molecule has 1 aromatic carbocycles. The van der Waals surface area contributed by atoms with E-state index < -0.39 is 11.7 Å². The number of hydrogen-bond acceptors (Lipinski definition) is 4. The number of amides is 2. The third-order valence-corrected chi connectivity index (χ3v) is 5.39. The van der Waals surface area contributed by atoms with Crippen molar-refractivity contribution >= 4 is 17.5 Å². The number of carbonyl (C=O) groups excluding carboxylic acids is 2. The van der Waals surface area contributed by atoms with Gasteiger partial charge in [0.05, 0.1) is 5.56 Å². The van der Waals surface area contributed by atoms with Crippen LogP contribution in [-0.4, -0.2) is 44.6 Å². The van der Waals surface area contributed by atoms with Crippen LogP contribution >= 0.6 is 0 Å². The second kappa shape index (κ2) is 10.4. The number of hydrogen-bond donors (Lipinski definition) is 1. The summed E-state index contributed by atoms with van der Waals surface area (Å²) in [5.41, 5.74) is -0.412. The number of carbonyl (C=O) groups is 2. The van der Waals surface area contributed by atoms with Gasteiger partial charge in [0.25, 0.3) is 0 Å². The van der Waals surface area contributed by atoms with Crippen LogP contribution in [0.15, 0.2) is 36.9 Å². The maximum atomic E-state index is 12.6. The molecule has 2 aromatic rings. The molecule has 0 radical (unpaired) electrons. The fourth-order valence-corrected chi connectivity index (χ4v) is 3.73. The Labute approximate surface area is 178 Å². The number of aryl methyl sites for hydroxylation is 1. The highest BCUT2D eigenvalue weighted by molar-refractivity contribution is 5.90. The van der Waals surface area contributed by atoms with Crippen molar-refractivity contribution in [3.05, 3.63) is 42.5 Å². The van der Waals surface area contributed by atoms with E-state index >= 15 is 0 Å². The highest BCUT2D eigenvalue weighted by Crippen LogP contribution is 2.30. The van der Waals surface area contributed by atoms with Crippen LogP contribution in [0.25, 0.3) is 0 Å². The Morgan fingerprint density at radius 2 is 1.94 bits per heavy atom. The van der Waals surface area contributed by atoms with Gasteiger partial charge in [-0.05, 0) is 55.9 Å². The molecule has 168 valence electrons. The number of nitrogens with one attached hydrogen (secondary N) is 1. The van der Waals surface area contributed by atoms with Gasteiger partial charge in [0.1, 0.15) is 12.7 Å². The number of alkyl halides is 3. The van der Waals surface area contributed by atoms with Crippen molar-refractivity contribution in [1.29, 1.82) is 0 Å². The van der Waals surface area contributed by atoms with Crippen LogP contribution in [0.1, 0.15) is 44.1 Å². The summed E-state index contributed by atoms with van der Waals surface area (Å²) in [6.07, 6.45) is 2.58. The zero-order valence-corrected chi connectivity index (χ0v) is 17.1. The normalized spacial score (nSPS) is 16.9. The highest BCUT2D eigenvalue weighted by atomic mass is 19.4. The second-order valence-corrected chi connectivity index (χ2v) is 7.77. The fraction of sp³-hybridized carbons (Fsp3) is 0.524. The van der Waals surface area contributed by atoms with Gasteiger partial charge in [-0.25, -0.2) is 4.98 Å². The van der Waals surface area contributed by atoms with Crippen molar-refractivity contribution in [2.24, 2.45) is 5.92 Å². The van der Waals surface area contributed by atoms with Crippen molar-refractivity contribution in [3.63, 3.8) is 0 Å². The van der Waals surface area contributed by atoms with Gasteiger partial charge in [0, 0.05) is 38.2 Å². The zero-order chi connectivity index (χ0) is 22.3. The van der Waals surface area contributed by atoms with E-state index in [0.717, 1.165) is 31.5 Å². The van der Waals surface area contributed by atoms with Crippen LogP contribution in [0.5, 0.6) is 0 Å². The van der Waals surface area contributed by atoms with Gasteiger partial charge in [-0.3, -0.25) is 14.3 Å². The number of anilines is 1. The second-order valence-electron chi connectivity index (χ2n) is 7.77. The minimum atomic E-state index is -4.40. The zero-order valence-electron chi connectivity index (χ0n) is 17.1. The van der Waals surface area contributed by atoms with Crippen LogP contribution in [-0.2, 0) is 22.3 Å². The molecule has 10 heteroatoms. The molecule has 3 rings (SSSR count). The lowest BCUT2D eigenvalue weighted by Gasteiger charge is -2.33. The monoisotopic (exact) mass is 437 g/mol. The third kappa shape index (κ3) is 7.08. The number of aromatic nitrogens is 3. The molecule has 0 spiro atoms. The molecule has 1 aliphatic rings. The van der Waals surface area contributed by atoms with Crippen LogP contribution in [0, 0.1) is 5.92 Å². The maximum absolute atomic E-state index is 12.6. The van der Waals surface area contributed by atoms with Crippen molar-refractivity contribution in [1.82, 2.24) is 19.7 Å². The Hall–Kier alpha value is -2.91.